The molecule has 2 rings (SSSR count). The van der Waals surface area contributed by atoms with Gasteiger partial charge in [0.05, 0.1) is 0 Å². The fourth-order valence-corrected chi connectivity index (χ4v) is 2.71. The summed E-state index contributed by atoms with van der Waals surface area (Å²) in [6, 6.07) is 6.93. The van der Waals surface area contributed by atoms with Gasteiger partial charge in [0.15, 0.2) is 0 Å². The van der Waals surface area contributed by atoms with Crippen LogP contribution in [0.5, 0.6) is 0 Å². The minimum Gasteiger partial charge on any atom is -0.371 e. The number of anilines is 1. The highest BCUT2D eigenvalue weighted by Gasteiger charge is 2.25. The van der Waals surface area contributed by atoms with Crippen LogP contribution in [-0.2, 0) is 6.54 Å². The van der Waals surface area contributed by atoms with Crippen molar-refractivity contribution in [1.82, 2.24) is 5.32 Å². The Bertz CT molecular complexity index is 413. The zero-order chi connectivity index (χ0) is 13.9. The molecule has 1 N–H and O–H groups in total. The molecule has 106 valence electrons. The van der Waals surface area contributed by atoms with Crippen LogP contribution in [0.1, 0.15) is 44.7 Å². The average Bonchev–Trinajstić information content (AvgIpc) is 2.37. The number of rotatable bonds is 4. The van der Waals surface area contributed by atoms with Crippen LogP contribution in [0.25, 0.3) is 0 Å². The van der Waals surface area contributed by atoms with Crippen molar-refractivity contribution in [2.24, 2.45) is 5.41 Å². The maximum Gasteiger partial charge on any atom is 0.0369 e. The summed E-state index contributed by atoms with van der Waals surface area (Å²) in [5, 5.41) is 3.40. The number of aryl methyl sites for hydroxylation is 1. The van der Waals surface area contributed by atoms with Crippen molar-refractivity contribution in [3.63, 3.8) is 0 Å². The van der Waals surface area contributed by atoms with E-state index in [0.717, 1.165) is 13.1 Å². The van der Waals surface area contributed by atoms with Gasteiger partial charge in [0.2, 0.25) is 0 Å². The lowest BCUT2D eigenvalue weighted by Gasteiger charge is -2.38. The van der Waals surface area contributed by atoms with Crippen LogP contribution in [0.15, 0.2) is 18.2 Å². The lowest BCUT2D eigenvalue weighted by Crippen LogP contribution is -2.37. The van der Waals surface area contributed by atoms with Gasteiger partial charge >= 0.3 is 0 Å². The molecule has 0 atom stereocenters. The molecule has 0 saturated carbocycles. The van der Waals surface area contributed by atoms with Crippen molar-refractivity contribution in [3.8, 4) is 0 Å². The molecule has 0 unspecified atom stereocenters. The van der Waals surface area contributed by atoms with Gasteiger partial charge in [-0.15, -0.1) is 0 Å². The smallest absolute Gasteiger partial charge is 0.0369 e. The summed E-state index contributed by atoms with van der Waals surface area (Å²) in [6.45, 7) is 13.5. The van der Waals surface area contributed by atoms with Crippen molar-refractivity contribution in [2.45, 2.75) is 47.1 Å². The summed E-state index contributed by atoms with van der Waals surface area (Å²) >= 11 is 0. The first-order valence-electron chi connectivity index (χ1n) is 7.57. The summed E-state index contributed by atoms with van der Waals surface area (Å²) in [4.78, 5) is 2.54. The van der Waals surface area contributed by atoms with Crippen LogP contribution in [0.3, 0.4) is 0 Å². The van der Waals surface area contributed by atoms with E-state index in [1.165, 1.54) is 42.7 Å². The van der Waals surface area contributed by atoms with Gasteiger partial charge in [-0.25, -0.2) is 0 Å². The second-order valence-electron chi connectivity index (χ2n) is 6.54. The number of piperidine rings is 1. The van der Waals surface area contributed by atoms with Crippen molar-refractivity contribution >= 4 is 5.69 Å². The molecule has 1 heterocycles. The van der Waals surface area contributed by atoms with E-state index < -0.39 is 0 Å². The predicted molar refractivity (Wildman–Crippen MR) is 83.8 cm³/mol. The highest BCUT2D eigenvalue weighted by molar-refractivity contribution is 5.51. The summed E-state index contributed by atoms with van der Waals surface area (Å²) in [5.74, 6) is 0. The monoisotopic (exact) mass is 260 g/mol. The van der Waals surface area contributed by atoms with Gasteiger partial charge in [0.1, 0.15) is 0 Å². The molecule has 1 aliphatic rings. The summed E-state index contributed by atoms with van der Waals surface area (Å²) in [5.41, 5.74) is 4.75. The van der Waals surface area contributed by atoms with E-state index in [1.807, 2.05) is 0 Å². The highest BCUT2D eigenvalue weighted by Crippen LogP contribution is 2.32. The van der Waals surface area contributed by atoms with E-state index >= 15 is 0 Å². The molecule has 0 aromatic heterocycles. The van der Waals surface area contributed by atoms with Gasteiger partial charge in [0.25, 0.3) is 0 Å². The van der Waals surface area contributed by atoms with E-state index in [4.69, 9.17) is 0 Å². The molecule has 1 aromatic carbocycles. The zero-order valence-electron chi connectivity index (χ0n) is 12.9. The average molecular weight is 260 g/mol. The third-order valence-corrected chi connectivity index (χ3v) is 4.37. The molecule has 1 saturated heterocycles. The predicted octanol–water partition coefficient (Wildman–Crippen LogP) is 3.73. The Kier molecular flexibility index (Phi) is 4.51. The summed E-state index contributed by atoms with van der Waals surface area (Å²) in [6.07, 6.45) is 2.59. The second-order valence-corrected chi connectivity index (χ2v) is 6.54. The topological polar surface area (TPSA) is 15.3 Å². The maximum atomic E-state index is 3.40. The van der Waals surface area contributed by atoms with Crippen LogP contribution >= 0.6 is 0 Å². The van der Waals surface area contributed by atoms with Crippen molar-refractivity contribution < 1.29 is 0 Å². The van der Waals surface area contributed by atoms with Crippen LogP contribution in [0.2, 0.25) is 0 Å². The van der Waals surface area contributed by atoms with Crippen molar-refractivity contribution in [3.05, 3.63) is 29.3 Å². The molecule has 2 heteroatoms. The third kappa shape index (κ3) is 3.73. The number of hydrogen-bond donors (Lipinski definition) is 1. The molecule has 1 aromatic rings. The fourth-order valence-electron chi connectivity index (χ4n) is 2.71. The number of benzene rings is 1. The van der Waals surface area contributed by atoms with E-state index in [2.05, 4.69) is 56.1 Å². The van der Waals surface area contributed by atoms with Crippen LogP contribution in [0, 0.1) is 12.3 Å². The molecule has 0 spiro atoms. The summed E-state index contributed by atoms with van der Waals surface area (Å²) < 4.78 is 0. The van der Waals surface area contributed by atoms with E-state index in [1.54, 1.807) is 0 Å². The summed E-state index contributed by atoms with van der Waals surface area (Å²) in [7, 11) is 0. The number of nitrogens with one attached hydrogen (secondary N) is 1. The SMILES string of the molecule is CCNCc1ccc(N2CCC(C)(C)CC2)cc1C. The first-order valence-corrected chi connectivity index (χ1v) is 7.57. The minimum absolute atomic E-state index is 0.524. The molecule has 1 fully saturated rings. The molecule has 1 aliphatic heterocycles. The van der Waals surface area contributed by atoms with E-state index in [0.29, 0.717) is 5.41 Å². The van der Waals surface area contributed by atoms with E-state index in [9.17, 15) is 0 Å². The van der Waals surface area contributed by atoms with Gasteiger partial charge in [-0.1, -0.05) is 26.8 Å². The minimum atomic E-state index is 0.524. The molecular formula is C17H28N2. The quantitative estimate of drug-likeness (QED) is 0.887. The Morgan fingerprint density at radius 3 is 2.47 bits per heavy atom. The highest BCUT2D eigenvalue weighted by atomic mass is 15.1. The van der Waals surface area contributed by atoms with Crippen molar-refractivity contribution in [2.75, 3.05) is 24.5 Å². The van der Waals surface area contributed by atoms with Crippen molar-refractivity contribution in [1.29, 1.82) is 0 Å². The Hall–Kier alpha value is -1.02. The van der Waals surface area contributed by atoms with Crippen LogP contribution < -0.4 is 10.2 Å². The first kappa shape index (κ1) is 14.4. The normalized spacial score (nSPS) is 18.6. The van der Waals surface area contributed by atoms with Gasteiger partial charge in [-0.3, -0.25) is 0 Å². The molecule has 0 aliphatic carbocycles. The Morgan fingerprint density at radius 1 is 1.21 bits per heavy atom. The lowest BCUT2D eigenvalue weighted by molar-refractivity contribution is 0.280. The third-order valence-electron chi connectivity index (χ3n) is 4.37. The van der Waals surface area contributed by atoms with Gasteiger partial charge in [-0.05, 0) is 55.0 Å². The molecule has 0 radical (unpaired) electrons. The Morgan fingerprint density at radius 2 is 1.89 bits per heavy atom. The van der Waals surface area contributed by atoms with Gasteiger partial charge in [-0.2, -0.15) is 0 Å². The fraction of sp³-hybridized carbons (Fsp3) is 0.647. The zero-order valence-corrected chi connectivity index (χ0v) is 12.9. The maximum absolute atomic E-state index is 3.40. The first-order chi connectivity index (χ1) is 9.02. The molecule has 0 bridgehead atoms. The van der Waals surface area contributed by atoms with Crippen LogP contribution in [0.4, 0.5) is 5.69 Å². The number of hydrogen-bond acceptors (Lipinski definition) is 2. The van der Waals surface area contributed by atoms with Gasteiger partial charge < -0.3 is 10.2 Å². The molecule has 19 heavy (non-hydrogen) atoms. The molecule has 0 amide bonds. The van der Waals surface area contributed by atoms with E-state index in [-0.39, 0.29) is 0 Å². The lowest BCUT2D eigenvalue weighted by atomic mass is 9.82. The second kappa shape index (κ2) is 5.96. The Balaban J connectivity index is 2.04. The van der Waals surface area contributed by atoms with Gasteiger partial charge in [0, 0.05) is 25.3 Å². The molecule has 2 nitrogen and oxygen atoms in total. The Labute approximate surface area is 118 Å². The number of nitrogens with zero attached hydrogens (tertiary/aromatic N) is 1. The van der Waals surface area contributed by atoms with Crippen LogP contribution in [-0.4, -0.2) is 19.6 Å². The largest absolute Gasteiger partial charge is 0.371 e. The molecular weight excluding hydrogens is 232 g/mol. The standard InChI is InChI=1S/C17H28N2/c1-5-18-13-15-6-7-16(12-14(15)2)19-10-8-17(3,4)9-11-19/h6-7,12,18H,5,8-11,13H2,1-4H3.